The summed E-state index contributed by atoms with van der Waals surface area (Å²) in [4.78, 5) is 22.3. The Bertz CT molecular complexity index is 511. The van der Waals surface area contributed by atoms with Crippen LogP contribution < -0.4 is 4.90 Å². The quantitative estimate of drug-likeness (QED) is 0.799. The minimum atomic E-state index is -0.298. The number of rotatable bonds is 4. The molecule has 2 fully saturated rings. The van der Waals surface area contributed by atoms with Crippen LogP contribution in [0, 0.1) is 6.92 Å². The lowest BCUT2D eigenvalue weighted by Crippen LogP contribution is -2.35. The molecule has 6 heteroatoms. The van der Waals surface area contributed by atoms with Crippen molar-refractivity contribution in [2.45, 2.75) is 39.2 Å². The van der Waals surface area contributed by atoms with Crippen LogP contribution in [-0.4, -0.2) is 54.7 Å². The molecule has 5 nitrogen and oxygen atoms in total. The number of hydrogen-bond acceptors (Lipinski definition) is 6. The van der Waals surface area contributed by atoms with Gasteiger partial charge in [0.15, 0.2) is 10.8 Å². The van der Waals surface area contributed by atoms with Crippen molar-refractivity contribution < 1.29 is 9.53 Å². The Kier molecular flexibility index (Phi) is 4.45. The molecule has 3 rings (SSSR count). The molecule has 1 aromatic heterocycles. The van der Waals surface area contributed by atoms with E-state index in [1.807, 2.05) is 13.8 Å². The Morgan fingerprint density at radius 3 is 2.86 bits per heavy atom. The molecule has 2 aliphatic heterocycles. The first-order valence-corrected chi connectivity index (χ1v) is 8.64. The zero-order chi connectivity index (χ0) is 14.8. The molecule has 0 aromatic carbocycles. The SMILES string of the molecule is CCOC(=O)c1nc(N2CCC(N3CCCC3)C2)sc1C. The third-order valence-corrected chi connectivity index (χ3v) is 5.38. The van der Waals surface area contributed by atoms with Crippen molar-refractivity contribution in [3.05, 3.63) is 10.6 Å². The summed E-state index contributed by atoms with van der Waals surface area (Å²) in [6, 6.07) is 0.655. The van der Waals surface area contributed by atoms with Gasteiger partial charge in [-0.25, -0.2) is 9.78 Å². The highest BCUT2D eigenvalue weighted by Gasteiger charge is 2.31. The number of anilines is 1. The number of likely N-dealkylation sites (tertiary alicyclic amines) is 1. The lowest BCUT2D eigenvalue weighted by atomic mass is 10.2. The highest BCUT2D eigenvalue weighted by molar-refractivity contribution is 7.15. The van der Waals surface area contributed by atoms with E-state index in [0.717, 1.165) is 23.1 Å². The number of ether oxygens (including phenoxy) is 1. The number of aryl methyl sites for hydroxylation is 1. The first-order chi connectivity index (χ1) is 10.2. The van der Waals surface area contributed by atoms with E-state index in [1.165, 1.54) is 32.4 Å². The van der Waals surface area contributed by atoms with E-state index in [4.69, 9.17) is 4.74 Å². The topological polar surface area (TPSA) is 45.7 Å². The fourth-order valence-electron chi connectivity index (χ4n) is 3.23. The normalized spacial score (nSPS) is 23.0. The molecule has 21 heavy (non-hydrogen) atoms. The zero-order valence-electron chi connectivity index (χ0n) is 12.8. The van der Waals surface area contributed by atoms with Crippen LogP contribution in [0.5, 0.6) is 0 Å². The highest BCUT2D eigenvalue weighted by atomic mass is 32.1. The highest BCUT2D eigenvalue weighted by Crippen LogP contribution is 2.30. The third-order valence-electron chi connectivity index (χ3n) is 4.35. The molecule has 1 unspecified atom stereocenters. The van der Waals surface area contributed by atoms with E-state index in [9.17, 15) is 4.79 Å². The predicted octanol–water partition coefficient (Wildman–Crippen LogP) is 2.30. The molecule has 0 radical (unpaired) electrons. The van der Waals surface area contributed by atoms with Crippen LogP contribution in [0.3, 0.4) is 0 Å². The van der Waals surface area contributed by atoms with E-state index in [1.54, 1.807) is 11.3 Å². The summed E-state index contributed by atoms with van der Waals surface area (Å²) >= 11 is 1.61. The van der Waals surface area contributed by atoms with Gasteiger partial charge in [-0.05, 0) is 46.2 Å². The summed E-state index contributed by atoms with van der Waals surface area (Å²) in [7, 11) is 0. The Morgan fingerprint density at radius 2 is 2.14 bits per heavy atom. The summed E-state index contributed by atoms with van der Waals surface area (Å²) in [6.45, 7) is 8.72. The Labute approximate surface area is 129 Å². The fourth-order valence-corrected chi connectivity index (χ4v) is 4.16. The number of carbonyl (C=O) groups is 1. The minimum absolute atomic E-state index is 0.298. The molecular formula is C15H23N3O2S. The second-order valence-electron chi connectivity index (χ2n) is 5.75. The molecule has 1 atom stereocenters. The van der Waals surface area contributed by atoms with Crippen molar-refractivity contribution in [1.82, 2.24) is 9.88 Å². The third kappa shape index (κ3) is 3.06. The Hall–Kier alpha value is -1.14. The van der Waals surface area contributed by atoms with E-state index < -0.39 is 0 Å². The average molecular weight is 309 g/mol. The van der Waals surface area contributed by atoms with Gasteiger partial charge in [0.1, 0.15) is 0 Å². The lowest BCUT2D eigenvalue weighted by Gasteiger charge is -2.23. The number of esters is 1. The van der Waals surface area contributed by atoms with Gasteiger partial charge in [0, 0.05) is 24.0 Å². The van der Waals surface area contributed by atoms with Crippen molar-refractivity contribution in [2.75, 3.05) is 37.7 Å². The summed E-state index contributed by atoms with van der Waals surface area (Å²) in [5.41, 5.74) is 0.487. The van der Waals surface area contributed by atoms with E-state index >= 15 is 0 Å². The van der Waals surface area contributed by atoms with Gasteiger partial charge >= 0.3 is 5.97 Å². The Morgan fingerprint density at radius 1 is 1.38 bits per heavy atom. The molecule has 3 heterocycles. The summed E-state index contributed by atoms with van der Waals surface area (Å²) in [6.07, 6.45) is 3.87. The molecule has 0 spiro atoms. The summed E-state index contributed by atoms with van der Waals surface area (Å²) in [5.74, 6) is -0.298. The fraction of sp³-hybridized carbons (Fsp3) is 0.733. The molecular weight excluding hydrogens is 286 g/mol. The van der Waals surface area contributed by atoms with E-state index in [-0.39, 0.29) is 5.97 Å². The van der Waals surface area contributed by atoms with Gasteiger partial charge < -0.3 is 9.64 Å². The van der Waals surface area contributed by atoms with Gasteiger partial charge in [-0.3, -0.25) is 4.90 Å². The second kappa shape index (κ2) is 6.32. The maximum atomic E-state index is 11.9. The number of thiazole rings is 1. The molecule has 2 saturated heterocycles. The minimum Gasteiger partial charge on any atom is -0.461 e. The van der Waals surface area contributed by atoms with Gasteiger partial charge in [0.25, 0.3) is 0 Å². The van der Waals surface area contributed by atoms with Crippen LogP contribution in [0.2, 0.25) is 0 Å². The largest absolute Gasteiger partial charge is 0.461 e. The predicted molar refractivity (Wildman–Crippen MR) is 84.2 cm³/mol. The van der Waals surface area contributed by atoms with Crippen LogP contribution in [0.4, 0.5) is 5.13 Å². The van der Waals surface area contributed by atoms with Gasteiger partial charge in [0.2, 0.25) is 0 Å². The van der Waals surface area contributed by atoms with Crippen LogP contribution in [-0.2, 0) is 4.74 Å². The summed E-state index contributed by atoms with van der Waals surface area (Å²) in [5, 5.41) is 0.970. The number of aromatic nitrogens is 1. The zero-order valence-corrected chi connectivity index (χ0v) is 13.6. The first kappa shape index (κ1) is 14.8. The van der Waals surface area contributed by atoms with Crippen molar-refractivity contribution in [3.63, 3.8) is 0 Å². The Balaban J connectivity index is 1.67. The average Bonchev–Trinajstić information content (AvgIpc) is 3.18. The second-order valence-corrected chi connectivity index (χ2v) is 6.93. The maximum absolute atomic E-state index is 11.9. The van der Waals surface area contributed by atoms with Gasteiger partial charge in [-0.2, -0.15) is 0 Å². The molecule has 0 bridgehead atoms. The monoisotopic (exact) mass is 309 g/mol. The number of carbonyl (C=O) groups excluding carboxylic acids is 1. The number of nitrogens with zero attached hydrogens (tertiary/aromatic N) is 3. The number of hydrogen-bond donors (Lipinski definition) is 0. The standard InChI is InChI=1S/C15H23N3O2S/c1-3-20-14(19)13-11(2)21-15(16-13)18-9-6-12(10-18)17-7-4-5-8-17/h12H,3-10H2,1-2H3. The summed E-state index contributed by atoms with van der Waals surface area (Å²) < 4.78 is 5.07. The van der Waals surface area contributed by atoms with Crippen molar-refractivity contribution in [1.29, 1.82) is 0 Å². The maximum Gasteiger partial charge on any atom is 0.358 e. The first-order valence-electron chi connectivity index (χ1n) is 7.82. The molecule has 2 aliphatic rings. The van der Waals surface area contributed by atoms with E-state index in [2.05, 4.69) is 14.8 Å². The van der Waals surface area contributed by atoms with E-state index in [0.29, 0.717) is 18.3 Å². The van der Waals surface area contributed by atoms with Crippen molar-refractivity contribution in [3.8, 4) is 0 Å². The smallest absolute Gasteiger partial charge is 0.358 e. The van der Waals surface area contributed by atoms with Crippen LogP contribution in [0.15, 0.2) is 0 Å². The van der Waals surface area contributed by atoms with Gasteiger partial charge in [0.05, 0.1) is 6.61 Å². The van der Waals surface area contributed by atoms with Crippen molar-refractivity contribution in [2.24, 2.45) is 0 Å². The molecule has 116 valence electrons. The van der Waals surface area contributed by atoms with Crippen LogP contribution in [0.25, 0.3) is 0 Å². The van der Waals surface area contributed by atoms with Crippen LogP contribution in [0.1, 0.15) is 41.6 Å². The lowest BCUT2D eigenvalue weighted by molar-refractivity contribution is 0.0519. The molecule has 0 amide bonds. The van der Waals surface area contributed by atoms with Crippen LogP contribution >= 0.6 is 11.3 Å². The molecule has 0 N–H and O–H groups in total. The molecule has 1 aromatic rings. The molecule has 0 aliphatic carbocycles. The van der Waals surface area contributed by atoms with Gasteiger partial charge in [-0.15, -0.1) is 11.3 Å². The van der Waals surface area contributed by atoms with Gasteiger partial charge in [-0.1, -0.05) is 0 Å². The van der Waals surface area contributed by atoms with Crippen molar-refractivity contribution >= 4 is 22.4 Å². The molecule has 0 saturated carbocycles.